The molecular formula is C22H19FN2O5S2. The summed E-state index contributed by atoms with van der Waals surface area (Å²) in [4.78, 5) is 23.7. The number of thiophene rings is 1. The average molecular weight is 475 g/mol. The summed E-state index contributed by atoms with van der Waals surface area (Å²) in [5.41, 5.74) is 1.68. The van der Waals surface area contributed by atoms with E-state index < -0.39 is 34.3 Å². The van der Waals surface area contributed by atoms with Crippen LogP contribution in [0.1, 0.15) is 5.56 Å². The van der Waals surface area contributed by atoms with Crippen LogP contribution in [-0.2, 0) is 26.0 Å². The smallest absolute Gasteiger partial charge is 0.318 e. The molecule has 0 saturated heterocycles. The van der Waals surface area contributed by atoms with Gasteiger partial charge in [-0.3, -0.25) is 9.59 Å². The minimum atomic E-state index is -3.94. The lowest BCUT2D eigenvalue weighted by molar-refractivity contribution is -0.135. The second kappa shape index (κ2) is 9.86. The van der Waals surface area contributed by atoms with Gasteiger partial charge in [0.05, 0.1) is 0 Å². The number of benzene rings is 2. The van der Waals surface area contributed by atoms with Crippen LogP contribution >= 0.6 is 11.3 Å². The average Bonchev–Trinajstić information content (AvgIpc) is 3.25. The number of amides is 1. The second-order valence-electron chi connectivity index (χ2n) is 6.74. The minimum absolute atomic E-state index is 0.0264. The number of hydrogen-bond donors (Lipinski definition) is 3. The lowest BCUT2D eigenvalue weighted by Gasteiger charge is -2.09. The van der Waals surface area contributed by atoms with E-state index >= 15 is 0 Å². The molecule has 3 rings (SSSR count). The zero-order valence-electron chi connectivity index (χ0n) is 16.7. The molecule has 0 aliphatic carbocycles. The first kappa shape index (κ1) is 23.3. The maximum Gasteiger partial charge on any atom is 0.318 e. The fourth-order valence-corrected chi connectivity index (χ4v) is 5.09. The van der Waals surface area contributed by atoms with Crippen molar-refractivity contribution in [1.29, 1.82) is 0 Å². The highest BCUT2D eigenvalue weighted by atomic mass is 32.2. The molecule has 166 valence electrons. The molecule has 32 heavy (non-hydrogen) atoms. The third-order valence-electron chi connectivity index (χ3n) is 4.35. The molecule has 3 N–H and O–H groups in total. The summed E-state index contributed by atoms with van der Waals surface area (Å²) < 4.78 is 40.2. The van der Waals surface area contributed by atoms with Crippen LogP contribution in [0.2, 0.25) is 0 Å². The molecule has 0 spiro atoms. The molecule has 0 aliphatic heterocycles. The first-order valence-corrected chi connectivity index (χ1v) is 11.6. The number of carbonyl (C=O) groups excluding carboxylic acids is 1. The Balaban J connectivity index is 1.71. The van der Waals surface area contributed by atoms with Crippen LogP contribution in [0.5, 0.6) is 0 Å². The maximum absolute atomic E-state index is 13.8. The number of halogens is 1. The van der Waals surface area contributed by atoms with Crippen molar-refractivity contribution < 1.29 is 27.5 Å². The standard InChI is InChI=1S/C22H19FN2O5S2/c1-14(11-15-5-2-3-8-18(15)23)22(28)25-17-7-4-6-16(12-17)19-9-10-21(31-19)32(29,30)24-13-20(26)27/h2-10,12,24H,1,11,13H2,(H,25,28)(H,26,27). The summed E-state index contributed by atoms with van der Waals surface area (Å²) in [5, 5.41) is 11.4. The van der Waals surface area contributed by atoms with Crippen molar-refractivity contribution >= 4 is 38.9 Å². The van der Waals surface area contributed by atoms with Gasteiger partial charge in [0.2, 0.25) is 0 Å². The molecule has 0 radical (unpaired) electrons. The van der Waals surface area contributed by atoms with E-state index in [1.165, 1.54) is 12.1 Å². The van der Waals surface area contributed by atoms with Crippen LogP contribution in [0.25, 0.3) is 10.4 Å². The number of rotatable bonds is 9. The van der Waals surface area contributed by atoms with E-state index in [-0.39, 0.29) is 16.2 Å². The molecule has 1 heterocycles. The highest BCUT2D eigenvalue weighted by Crippen LogP contribution is 2.32. The van der Waals surface area contributed by atoms with Crippen LogP contribution in [-0.4, -0.2) is 31.9 Å². The Morgan fingerprint density at radius 2 is 1.81 bits per heavy atom. The van der Waals surface area contributed by atoms with Gasteiger partial charge in [-0.05, 0) is 41.5 Å². The van der Waals surface area contributed by atoms with Crippen LogP contribution in [0.3, 0.4) is 0 Å². The lowest BCUT2D eigenvalue weighted by atomic mass is 10.1. The molecule has 3 aromatic rings. The fraction of sp³-hybridized carbons (Fsp3) is 0.0909. The largest absolute Gasteiger partial charge is 0.480 e. The van der Waals surface area contributed by atoms with E-state index in [1.807, 2.05) is 4.72 Å². The SMILES string of the molecule is C=C(Cc1ccccc1F)C(=O)Nc1cccc(-c2ccc(S(=O)(=O)NCC(=O)O)s2)c1. The molecule has 0 bridgehead atoms. The molecule has 0 saturated carbocycles. The summed E-state index contributed by atoms with van der Waals surface area (Å²) in [6.45, 7) is 3.02. The van der Waals surface area contributed by atoms with Crippen molar-refractivity contribution in [2.24, 2.45) is 0 Å². The summed E-state index contributed by atoms with van der Waals surface area (Å²) in [5.74, 6) is -2.16. The summed E-state index contributed by atoms with van der Waals surface area (Å²) >= 11 is 0.967. The van der Waals surface area contributed by atoms with Gasteiger partial charge in [0, 0.05) is 22.6 Å². The van der Waals surface area contributed by atoms with Gasteiger partial charge < -0.3 is 10.4 Å². The third-order valence-corrected chi connectivity index (χ3v) is 7.37. The van der Waals surface area contributed by atoms with Gasteiger partial charge >= 0.3 is 5.97 Å². The van der Waals surface area contributed by atoms with Crippen LogP contribution in [0.4, 0.5) is 10.1 Å². The zero-order chi connectivity index (χ0) is 23.3. The van der Waals surface area contributed by atoms with Gasteiger partial charge in [-0.1, -0.05) is 36.9 Å². The van der Waals surface area contributed by atoms with Crippen LogP contribution in [0.15, 0.2) is 77.0 Å². The van der Waals surface area contributed by atoms with Crippen LogP contribution < -0.4 is 10.0 Å². The van der Waals surface area contributed by atoms with Gasteiger partial charge in [-0.2, -0.15) is 4.72 Å². The molecule has 0 unspecified atom stereocenters. The number of sulfonamides is 1. The van der Waals surface area contributed by atoms with Crippen molar-refractivity contribution in [2.75, 3.05) is 11.9 Å². The number of hydrogen-bond acceptors (Lipinski definition) is 5. The predicted molar refractivity (Wildman–Crippen MR) is 120 cm³/mol. The molecule has 0 aliphatic rings. The third kappa shape index (κ3) is 5.88. The highest BCUT2D eigenvalue weighted by Gasteiger charge is 2.18. The topological polar surface area (TPSA) is 113 Å². The Kier molecular flexibility index (Phi) is 7.18. The molecule has 0 fully saturated rings. The maximum atomic E-state index is 13.8. The fourth-order valence-electron chi connectivity index (χ4n) is 2.77. The Labute approximate surface area is 188 Å². The molecule has 2 aromatic carbocycles. The van der Waals surface area contributed by atoms with Gasteiger partial charge in [0.1, 0.15) is 16.6 Å². The highest BCUT2D eigenvalue weighted by molar-refractivity contribution is 7.91. The van der Waals surface area contributed by atoms with Crippen molar-refractivity contribution in [3.8, 4) is 10.4 Å². The Hall–Kier alpha value is -3.34. The molecule has 1 aromatic heterocycles. The van der Waals surface area contributed by atoms with Gasteiger partial charge in [-0.25, -0.2) is 12.8 Å². The number of nitrogens with one attached hydrogen (secondary N) is 2. The number of carbonyl (C=O) groups is 2. The second-order valence-corrected chi connectivity index (χ2v) is 9.82. The van der Waals surface area contributed by atoms with Crippen molar-refractivity contribution in [1.82, 2.24) is 4.72 Å². The van der Waals surface area contributed by atoms with E-state index in [9.17, 15) is 22.4 Å². The Bertz CT molecular complexity index is 1280. The lowest BCUT2D eigenvalue weighted by Crippen LogP contribution is -2.28. The van der Waals surface area contributed by atoms with Gasteiger partial charge in [-0.15, -0.1) is 11.3 Å². The molecule has 10 heteroatoms. The monoisotopic (exact) mass is 474 g/mol. The minimum Gasteiger partial charge on any atom is -0.480 e. The summed E-state index contributed by atoms with van der Waals surface area (Å²) in [6.07, 6.45) is 0.0632. The predicted octanol–water partition coefficient (Wildman–Crippen LogP) is 3.65. The van der Waals surface area contributed by atoms with E-state index in [4.69, 9.17) is 5.11 Å². The van der Waals surface area contributed by atoms with E-state index in [0.29, 0.717) is 21.7 Å². The molecule has 1 amide bonds. The number of anilines is 1. The first-order chi connectivity index (χ1) is 15.2. The van der Waals surface area contributed by atoms with Gasteiger partial charge in [0.15, 0.2) is 0 Å². The van der Waals surface area contributed by atoms with Crippen molar-refractivity contribution in [3.05, 3.63) is 84.2 Å². The normalized spacial score (nSPS) is 11.2. The summed E-state index contributed by atoms with van der Waals surface area (Å²) in [6, 6.07) is 15.9. The number of carboxylic acid groups (broad SMARTS) is 1. The molecule has 7 nitrogen and oxygen atoms in total. The Morgan fingerprint density at radius 3 is 2.53 bits per heavy atom. The number of aliphatic carboxylic acids is 1. The van der Waals surface area contributed by atoms with E-state index in [1.54, 1.807) is 48.5 Å². The van der Waals surface area contributed by atoms with E-state index in [2.05, 4.69) is 11.9 Å². The van der Waals surface area contributed by atoms with Crippen molar-refractivity contribution in [3.63, 3.8) is 0 Å². The van der Waals surface area contributed by atoms with E-state index in [0.717, 1.165) is 11.3 Å². The number of carboxylic acids is 1. The van der Waals surface area contributed by atoms with Crippen LogP contribution in [0, 0.1) is 5.82 Å². The van der Waals surface area contributed by atoms with Gasteiger partial charge in [0.25, 0.3) is 15.9 Å². The zero-order valence-corrected chi connectivity index (χ0v) is 18.3. The summed E-state index contributed by atoms with van der Waals surface area (Å²) in [7, 11) is -3.94. The first-order valence-electron chi connectivity index (χ1n) is 9.30. The Morgan fingerprint density at radius 1 is 1.06 bits per heavy atom. The molecule has 0 atom stereocenters. The quantitative estimate of drug-likeness (QED) is 0.410. The molecular weight excluding hydrogens is 455 g/mol. The van der Waals surface area contributed by atoms with Crippen molar-refractivity contribution in [2.45, 2.75) is 10.6 Å².